The molecular weight excluding hydrogens is 386 g/mol. The lowest BCUT2D eigenvalue weighted by Crippen LogP contribution is -2.53. The molecule has 3 aliphatic rings. The maximum atomic E-state index is 13.2. The molecule has 0 radical (unpaired) electrons. The van der Waals surface area contributed by atoms with Gasteiger partial charge < -0.3 is 25.4 Å². The van der Waals surface area contributed by atoms with E-state index in [0.29, 0.717) is 23.6 Å². The van der Waals surface area contributed by atoms with Crippen LogP contribution in [0.2, 0.25) is 5.02 Å². The maximum Gasteiger partial charge on any atom is 0.250 e. The van der Waals surface area contributed by atoms with Gasteiger partial charge in [-0.15, -0.1) is 0 Å². The van der Waals surface area contributed by atoms with E-state index in [1.54, 1.807) is 24.3 Å². The Morgan fingerprint density at radius 2 is 2.04 bits per heavy atom. The van der Waals surface area contributed by atoms with Crippen molar-refractivity contribution in [2.75, 3.05) is 25.5 Å². The van der Waals surface area contributed by atoms with Gasteiger partial charge in [-0.2, -0.15) is 0 Å². The molecule has 5 atom stereocenters. The van der Waals surface area contributed by atoms with Gasteiger partial charge in [-0.05, 0) is 37.1 Å². The fraction of sp³-hybridized carbons (Fsp3) is 0.526. The topological polar surface area (TPSA) is 108 Å². The lowest BCUT2D eigenvalue weighted by atomic mass is 9.70. The van der Waals surface area contributed by atoms with E-state index >= 15 is 0 Å². The van der Waals surface area contributed by atoms with Crippen LogP contribution in [0.4, 0.5) is 5.69 Å². The van der Waals surface area contributed by atoms with Crippen LogP contribution in [0.1, 0.15) is 12.8 Å². The minimum absolute atomic E-state index is 0.00424. The Hall–Kier alpha value is -2.16. The molecule has 1 aromatic carbocycles. The van der Waals surface area contributed by atoms with Crippen LogP contribution in [0.3, 0.4) is 0 Å². The average Bonchev–Trinajstić information content (AvgIpc) is 3.31. The molecule has 1 spiro atoms. The van der Waals surface area contributed by atoms with Crippen LogP contribution in [0.25, 0.3) is 0 Å². The van der Waals surface area contributed by atoms with E-state index in [1.165, 1.54) is 11.9 Å². The predicted molar refractivity (Wildman–Crippen MR) is 101 cm³/mol. The quantitative estimate of drug-likeness (QED) is 0.654. The first-order valence-corrected chi connectivity index (χ1v) is 9.68. The van der Waals surface area contributed by atoms with Gasteiger partial charge in [0.05, 0.1) is 24.5 Å². The van der Waals surface area contributed by atoms with Gasteiger partial charge in [-0.1, -0.05) is 11.6 Å². The highest BCUT2D eigenvalue weighted by Gasteiger charge is 2.74. The van der Waals surface area contributed by atoms with Gasteiger partial charge in [0, 0.05) is 24.3 Å². The van der Waals surface area contributed by atoms with Crippen molar-refractivity contribution in [3.63, 3.8) is 0 Å². The third-order valence-electron chi connectivity index (χ3n) is 6.05. The zero-order chi connectivity index (χ0) is 20.1. The number of likely N-dealkylation sites (tertiary alicyclic amines) is 1. The third kappa shape index (κ3) is 2.70. The molecule has 9 heteroatoms. The monoisotopic (exact) mass is 407 g/mol. The Morgan fingerprint density at radius 1 is 1.32 bits per heavy atom. The Labute approximate surface area is 167 Å². The summed E-state index contributed by atoms with van der Waals surface area (Å²) in [5.74, 6) is -2.32. The molecule has 1 aromatic rings. The number of aliphatic hydroxyl groups excluding tert-OH is 1. The second kappa shape index (κ2) is 7.02. The second-order valence-corrected chi connectivity index (χ2v) is 7.86. The van der Waals surface area contributed by atoms with Crippen LogP contribution >= 0.6 is 11.6 Å². The summed E-state index contributed by atoms with van der Waals surface area (Å²) >= 11 is 5.89. The number of rotatable bonds is 5. The lowest BCUT2D eigenvalue weighted by molar-refractivity contribution is -0.141. The summed E-state index contributed by atoms with van der Waals surface area (Å²) in [6.45, 7) is -0.280. The number of β-amino-alcohol motifs (C(OH)–C–C–N with tert-alkyl or cyclic N) is 1. The molecule has 4 rings (SSSR count). The van der Waals surface area contributed by atoms with Gasteiger partial charge in [0.2, 0.25) is 17.7 Å². The van der Waals surface area contributed by atoms with E-state index < -0.39 is 29.4 Å². The molecule has 8 nitrogen and oxygen atoms in total. The van der Waals surface area contributed by atoms with Gasteiger partial charge in [-0.25, -0.2) is 0 Å². The number of hydrogen-bond acceptors (Lipinski definition) is 5. The summed E-state index contributed by atoms with van der Waals surface area (Å²) < 4.78 is 6.17. The second-order valence-electron chi connectivity index (χ2n) is 7.42. The minimum Gasteiger partial charge on any atom is -0.395 e. The SMILES string of the molecule is CNC(=O)[C@@H]1[C@H]2C(=O)N(CCO)C(C(=O)Nc3ccc(Cl)cc3)C23CC[C@H]1O3. The first-order valence-electron chi connectivity index (χ1n) is 9.30. The van der Waals surface area contributed by atoms with Gasteiger partial charge in [0.15, 0.2) is 0 Å². The van der Waals surface area contributed by atoms with E-state index in [2.05, 4.69) is 10.6 Å². The Kier molecular flexibility index (Phi) is 4.81. The van der Waals surface area contributed by atoms with Crippen molar-refractivity contribution in [2.24, 2.45) is 11.8 Å². The first-order chi connectivity index (χ1) is 13.4. The van der Waals surface area contributed by atoms with E-state index in [1.807, 2.05) is 0 Å². The first kappa shape index (κ1) is 19.2. The number of nitrogens with one attached hydrogen (secondary N) is 2. The third-order valence-corrected chi connectivity index (χ3v) is 6.30. The van der Waals surface area contributed by atoms with E-state index in [-0.39, 0.29) is 31.1 Å². The van der Waals surface area contributed by atoms with E-state index in [4.69, 9.17) is 16.3 Å². The number of halogens is 1. The highest BCUT2D eigenvalue weighted by molar-refractivity contribution is 6.30. The van der Waals surface area contributed by atoms with Crippen molar-refractivity contribution in [3.05, 3.63) is 29.3 Å². The Bertz CT molecular complexity index is 816. The number of benzene rings is 1. The number of aliphatic hydroxyl groups is 1. The van der Waals surface area contributed by atoms with Crippen molar-refractivity contribution < 1.29 is 24.2 Å². The summed E-state index contributed by atoms with van der Waals surface area (Å²) in [7, 11) is 1.52. The van der Waals surface area contributed by atoms with Crippen molar-refractivity contribution in [1.29, 1.82) is 0 Å². The molecule has 2 bridgehead atoms. The number of anilines is 1. The predicted octanol–water partition coefficient (Wildman–Crippen LogP) is 0.391. The van der Waals surface area contributed by atoms with Crippen molar-refractivity contribution in [3.8, 4) is 0 Å². The van der Waals surface area contributed by atoms with Crippen LogP contribution in [0.15, 0.2) is 24.3 Å². The largest absolute Gasteiger partial charge is 0.395 e. The zero-order valence-corrected chi connectivity index (χ0v) is 16.1. The number of ether oxygens (including phenoxy) is 1. The summed E-state index contributed by atoms with van der Waals surface area (Å²) in [4.78, 5) is 40.1. The number of hydrogen-bond donors (Lipinski definition) is 3. The molecule has 0 aromatic heterocycles. The minimum atomic E-state index is -1.05. The molecule has 3 heterocycles. The van der Waals surface area contributed by atoms with Crippen molar-refractivity contribution in [2.45, 2.75) is 30.6 Å². The highest BCUT2D eigenvalue weighted by atomic mass is 35.5. The highest BCUT2D eigenvalue weighted by Crippen LogP contribution is 2.58. The van der Waals surface area contributed by atoms with Gasteiger partial charge in [0.25, 0.3) is 0 Å². The summed E-state index contributed by atoms with van der Waals surface area (Å²) in [5.41, 5.74) is -0.508. The Balaban J connectivity index is 1.68. The standard InChI is InChI=1S/C19H22ClN3O5/c1-21-16(25)13-12-6-7-19(28-12)14(13)18(27)23(8-9-24)15(19)17(26)22-11-4-2-10(20)3-5-11/h2-5,12-15,24H,6-9H2,1H3,(H,21,25)(H,22,26)/t12-,13+,14+,15?,19?/m1/s1. The van der Waals surface area contributed by atoms with Gasteiger partial charge in [-0.3, -0.25) is 14.4 Å². The molecular formula is C19H22ClN3O5. The van der Waals surface area contributed by atoms with Crippen LogP contribution in [-0.2, 0) is 19.1 Å². The lowest BCUT2D eigenvalue weighted by Gasteiger charge is -2.33. The average molecular weight is 408 g/mol. The summed E-state index contributed by atoms with van der Waals surface area (Å²) in [6.07, 6.45) is 0.748. The summed E-state index contributed by atoms with van der Waals surface area (Å²) in [6, 6.07) is 5.74. The molecule has 3 amide bonds. The molecule has 150 valence electrons. The normalized spacial score (nSPS) is 33.1. The number of nitrogens with zero attached hydrogens (tertiary/aromatic N) is 1. The summed E-state index contributed by atoms with van der Waals surface area (Å²) in [5, 5.41) is 15.4. The molecule has 3 fully saturated rings. The molecule has 0 aliphatic carbocycles. The smallest absolute Gasteiger partial charge is 0.250 e. The van der Waals surface area contributed by atoms with Crippen molar-refractivity contribution in [1.82, 2.24) is 10.2 Å². The number of carbonyl (C=O) groups excluding carboxylic acids is 3. The number of fused-ring (bicyclic) bond motifs is 1. The maximum absolute atomic E-state index is 13.2. The number of carbonyl (C=O) groups is 3. The van der Waals surface area contributed by atoms with E-state index in [0.717, 1.165) is 0 Å². The molecule has 28 heavy (non-hydrogen) atoms. The van der Waals surface area contributed by atoms with Gasteiger partial charge >= 0.3 is 0 Å². The van der Waals surface area contributed by atoms with Crippen LogP contribution in [0, 0.1) is 11.8 Å². The fourth-order valence-electron chi connectivity index (χ4n) is 5.01. The molecule has 3 aliphatic heterocycles. The molecule has 0 saturated carbocycles. The zero-order valence-electron chi connectivity index (χ0n) is 15.4. The Morgan fingerprint density at radius 3 is 2.68 bits per heavy atom. The van der Waals surface area contributed by atoms with Crippen molar-refractivity contribution >= 4 is 35.0 Å². The molecule has 2 unspecified atom stereocenters. The van der Waals surface area contributed by atoms with Crippen LogP contribution in [0.5, 0.6) is 0 Å². The van der Waals surface area contributed by atoms with Crippen LogP contribution in [-0.4, -0.2) is 65.7 Å². The van der Waals surface area contributed by atoms with Gasteiger partial charge in [0.1, 0.15) is 11.6 Å². The van der Waals surface area contributed by atoms with E-state index in [9.17, 15) is 19.5 Å². The fourth-order valence-corrected chi connectivity index (χ4v) is 5.14. The van der Waals surface area contributed by atoms with Crippen LogP contribution < -0.4 is 10.6 Å². The molecule has 3 N–H and O–H groups in total. The molecule has 3 saturated heterocycles. The number of amides is 3.